The van der Waals surface area contributed by atoms with E-state index in [0.717, 1.165) is 50.5 Å². The van der Waals surface area contributed by atoms with Crippen LogP contribution < -0.4 is 0 Å². The highest BCUT2D eigenvalue weighted by Gasteiger charge is 2.63. The minimum Gasteiger partial charge on any atom is -0.458 e. The molecule has 4 aliphatic rings. The van der Waals surface area contributed by atoms with E-state index in [9.17, 15) is 19.5 Å². The van der Waals surface area contributed by atoms with Gasteiger partial charge in [0.1, 0.15) is 6.10 Å². The Kier molecular flexibility index (Phi) is 7.75. The third-order valence-electron chi connectivity index (χ3n) is 10.8. The molecule has 0 aromatic rings. The van der Waals surface area contributed by atoms with Gasteiger partial charge in [0.15, 0.2) is 11.9 Å². The van der Waals surface area contributed by atoms with Gasteiger partial charge in [-0.15, -0.1) is 0 Å². The lowest BCUT2D eigenvalue weighted by molar-refractivity contribution is -0.170. The number of ether oxygens (including phenoxy) is 2. The van der Waals surface area contributed by atoms with Gasteiger partial charge in [0.2, 0.25) is 0 Å². The van der Waals surface area contributed by atoms with Gasteiger partial charge in [0.05, 0.1) is 5.60 Å². The van der Waals surface area contributed by atoms with Crippen LogP contribution in [0.3, 0.4) is 0 Å². The number of rotatable bonds is 7. The van der Waals surface area contributed by atoms with Gasteiger partial charge in [-0.3, -0.25) is 14.4 Å². The lowest BCUT2D eigenvalue weighted by atomic mass is 9.46. The van der Waals surface area contributed by atoms with Crippen LogP contribution >= 0.6 is 0 Å². The number of aliphatic hydroxyl groups is 1. The van der Waals surface area contributed by atoms with E-state index in [0.29, 0.717) is 24.2 Å². The molecule has 0 spiro atoms. The van der Waals surface area contributed by atoms with E-state index in [1.54, 1.807) is 6.08 Å². The van der Waals surface area contributed by atoms with Gasteiger partial charge in [-0.2, -0.15) is 0 Å². The number of esters is 2. The number of carbonyl (C=O) groups excluding carboxylic acids is 3. The Bertz CT molecular complexity index is 946. The minimum atomic E-state index is -0.689. The van der Waals surface area contributed by atoms with Crippen LogP contribution in [0.4, 0.5) is 0 Å². The van der Waals surface area contributed by atoms with Crippen molar-refractivity contribution in [3.8, 4) is 0 Å². The number of allylic oxidation sites excluding steroid dienone is 1. The zero-order chi connectivity index (χ0) is 27.3. The molecule has 9 atom stereocenters. The molecule has 0 bridgehead atoms. The first-order chi connectivity index (χ1) is 17.2. The van der Waals surface area contributed by atoms with E-state index in [4.69, 9.17) is 9.47 Å². The van der Waals surface area contributed by atoms with E-state index >= 15 is 0 Å². The average Bonchev–Trinajstić information content (AvgIpc) is 3.12. The first-order valence-corrected chi connectivity index (χ1v) is 14.5. The number of hydrogen-bond donors (Lipinski definition) is 1. The SMILES string of the molecule is CC(=O)O[C@H]1CC[C@@]2(C)C(=CC(=O)[C@H]3[C@@H]4CC[C@H]([C@H](C)CCCC(C)(C)O)[C@@]4(C)CC[C@@H]32)[C@H]1OC(C)=O. The molecule has 6 nitrogen and oxygen atoms in total. The molecule has 0 aromatic carbocycles. The van der Waals surface area contributed by atoms with Gasteiger partial charge in [-0.05, 0) is 105 Å². The van der Waals surface area contributed by atoms with Crippen molar-refractivity contribution >= 4 is 17.7 Å². The first-order valence-electron chi connectivity index (χ1n) is 14.5. The molecule has 0 unspecified atom stereocenters. The molecule has 0 aliphatic heterocycles. The maximum atomic E-state index is 13.9. The molecular weight excluding hydrogens is 468 g/mol. The number of ketones is 1. The quantitative estimate of drug-likeness (QED) is 0.431. The maximum absolute atomic E-state index is 13.9. The van der Waals surface area contributed by atoms with Crippen molar-refractivity contribution in [2.24, 2.45) is 40.4 Å². The van der Waals surface area contributed by atoms with Crippen molar-refractivity contribution in [1.82, 2.24) is 0 Å². The van der Waals surface area contributed by atoms with Crippen LogP contribution in [0.15, 0.2) is 11.6 Å². The molecule has 208 valence electrons. The van der Waals surface area contributed by atoms with E-state index in [2.05, 4.69) is 20.8 Å². The summed E-state index contributed by atoms with van der Waals surface area (Å²) in [7, 11) is 0. The van der Waals surface area contributed by atoms with Gasteiger partial charge in [-0.25, -0.2) is 0 Å². The monoisotopic (exact) mass is 516 g/mol. The minimum absolute atomic E-state index is 0.00401. The normalized spacial score (nSPS) is 40.1. The summed E-state index contributed by atoms with van der Waals surface area (Å²) in [6.07, 6.45) is 9.31. The molecule has 0 aromatic heterocycles. The number of hydrogen-bond acceptors (Lipinski definition) is 6. The molecule has 0 heterocycles. The topological polar surface area (TPSA) is 89.9 Å². The molecule has 4 rings (SSSR count). The van der Waals surface area contributed by atoms with Gasteiger partial charge in [0, 0.05) is 19.8 Å². The number of fused-ring (bicyclic) bond motifs is 5. The highest BCUT2D eigenvalue weighted by molar-refractivity contribution is 5.95. The van der Waals surface area contributed by atoms with Crippen molar-refractivity contribution in [2.75, 3.05) is 0 Å². The van der Waals surface area contributed by atoms with Gasteiger partial charge in [0.25, 0.3) is 0 Å². The summed E-state index contributed by atoms with van der Waals surface area (Å²) in [5.74, 6) is 1.12. The molecule has 4 aliphatic carbocycles. The average molecular weight is 517 g/mol. The highest BCUT2D eigenvalue weighted by atomic mass is 16.6. The van der Waals surface area contributed by atoms with Crippen LogP contribution in [-0.4, -0.2) is 40.6 Å². The first kappa shape index (κ1) is 28.3. The summed E-state index contributed by atoms with van der Waals surface area (Å²) in [5, 5.41) is 10.1. The van der Waals surface area contributed by atoms with Gasteiger partial charge >= 0.3 is 11.9 Å². The third kappa shape index (κ3) is 5.29. The van der Waals surface area contributed by atoms with E-state index in [-0.39, 0.29) is 28.4 Å². The summed E-state index contributed by atoms with van der Waals surface area (Å²) in [6, 6.07) is 0. The molecule has 37 heavy (non-hydrogen) atoms. The van der Waals surface area contributed by atoms with Crippen LogP contribution in [0.25, 0.3) is 0 Å². The Hall–Kier alpha value is -1.69. The van der Waals surface area contributed by atoms with E-state index < -0.39 is 29.7 Å². The smallest absolute Gasteiger partial charge is 0.303 e. The van der Waals surface area contributed by atoms with Crippen LogP contribution in [0.2, 0.25) is 0 Å². The van der Waals surface area contributed by atoms with Crippen LogP contribution in [0.1, 0.15) is 106 Å². The molecular formula is C31H48O6. The Morgan fingerprint density at radius 3 is 2.35 bits per heavy atom. The highest BCUT2D eigenvalue weighted by Crippen LogP contribution is 2.67. The van der Waals surface area contributed by atoms with Crippen LogP contribution in [0, 0.1) is 40.4 Å². The summed E-state index contributed by atoms with van der Waals surface area (Å²) in [6.45, 7) is 13.6. The molecule has 0 amide bonds. The molecule has 3 saturated carbocycles. The molecule has 1 N–H and O–H groups in total. The Morgan fingerprint density at radius 2 is 1.73 bits per heavy atom. The van der Waals surface area contributed by atoms with Crippen molar-refractivity contribution in [2.45, 2.75) is 124 Å². The lowest BCUT2D eigenvalue weighted by Gasteiger charge is -2.58. The second-order valence-corrected chi connectivity index (χ2v) is 13.8. The van der Waals surface area contributed by atoms with Crippen molar-refractivity contribution < 1.29 is 29.0 Å². The predicted molar refractivity (Wildman–Crippen MR) is 141 cm³/mol. The van der Waals surface area contributed by atoms with E-state index in [1.807, 2.05) is 13.8 Å². The largest absolute Gasteiger partial charge is 0.458 e. The lowest BCUT2D eigenvalue weighted by Crippen LogP contribution is -2.57. The standard InChI is InChI=1S/C31H48O6/c1-18(9-8-14-29(4,5)35)21-10-11-22-27-23(12-15-30(21,22)6)31(7)16-13-26(36-19(2)32)28(37-20(3)33)24(31)17-25(27)34/h17-18,21-23,26-28,35H,8-16H2,1-7H3/t18-,21-,22+,23+,26+,27+,28-,30-,31-/m1/s1. The molecule has 6 heteroatoms. The van der Waals surface area contributed by atoms with Crippen molar-refractivity contribution in [3.05, 3.63) is 11.6 Å². The van der Waals surface area contributed by atoms with Gasteiger partial charge in [-0.1, -0.05) is 33.6 Å². The van der Waals surface area contributed by atoms with Crippen molar-refractivity contribution in [1.29, 1.82) is 0 Å². The maximum Gasteiger partial charge on any atom is 0.303 e. The predicted octanol–water partition coefficient (Wildman–Crippen LogP) is 5.80. The van der Waals surface area contributed by atoms with Crippen LogP contribution in [-0.2, 0) is 23.9 Å². The molecule has 0 radical (unpaired) electrons. The van der Waals surface area contributed by atoms with Crippen LogP contribution in [0.5, 0.6) is 0 Å². The second-order valence-electron chi connectivity index (χ2n) is 13.8. The zero-order valence-electron chi connectivity index (χ0n) is 24.0. The number of carbonyl (C=O) groups is 3. The van der Waals surface area contributed by atoms with Gasteiger partial charge < -0.3 is 14.6 Å². The third-order valence-corrected chi connectivity index (χ3v) is 10.8. The van der Waals surface area contributed by atoms with E-state index in [1.165, 1.54) is 20.3 Å². The fourth-order valence-corrected chi connectivity index (χ4v) is 9.10. The second kappa shape index (κ2) is 10.1. The fourth-order valence-electron chi connectivity index (χ4n) is 9.10. The Labute approximate surface area is 222 Å². The molecule has 0 saturated heterocycles. The summed E-state index contributed by atoms with van der Waals surface area (Å²) in [5.41, 5.74) is 0.139. The summed E-state index contributed by atoms with van der Waals surface area (Å²) in [4.78, 5) is 37.7. The Balaban J connectivity index is 1.59. The summed E-state index contributed by atoms with van der Waals surface area (Å²) >= 11 is 0. The summed E-state index contributed by atoms with van der Waals surface area (Å²) < 4.78 is 11.3. The van der Waals surface area contributed by atoms with Crippen molar-refractivity contribution in [3.63, 3.8) is 0 Å². The molecule has 3 fully saturated rings. The fraction of sp³-hybridized carbons (Fsp3) is 0.839. The zero-order valence-corrected chi connectivity index (χ0v) is 24.0. The Morgan fingerprint density at radius 1 is 1.05 bits per heavy atom.